The number of benzene rings is 4. The number of aromatic nitrogens is 16. The van der Waals surface area contributed by atoms with Crippen molar-refractivity contribution in [1.82, 2.24) is 78.1 Å². The second kappa shape index (κ2) is 33.6. The molecule has 0 aliphatic carbocycles. The Morgan fingerprint density at radius 3 is 1.11 bits per heavy atom. The van der Waals surface area contributed by atoms with Crippen molar-refractivity contribution < 1.29 is 86.2 Å². The van der Waals surface area contributed by atoms with E-state index in [0.717, 1.165) is 23.6 Å². The molecule has 4 aromatic carbocycles. The van der Waals surface area contributed by atoms with E-state index in [-0.39, 0.29) is 89.2 Å². The molecule has 4 saturated heterocycles. The molecule has 8 aromatic heterocycles. The van der Waals surface area contributed by atoms with Crippen molar-refractivity contribution in [2.75, 3.05) is 22.5 Å². The molecule has 0 bridgehead atoms. The number of hydrogen-bond donors (Lipinski definition) is 11. The maximum absolute atomic E-state index is 15.9. The van der Waals surface area contributed by atoms with Crippen molar-refractivity contribution in [3.05, 3.63) is 179 Å². The van der Waals surface area contributed by atoms with Crippen LogP contribution in [0.4, 0.5) is 41.4 Å². The molecule has 4 aliphatic rings. The first kappa shape index (κ1) is 83.4. The van der Waals surface area contributed by atoms with Crippen molar-refractivity contribution in [1.29, 1.82) is 0 Å². The smallest absolute Gasteiger partial charge is 0.280 e. The third kappa shape index (κ3) is 16.8. The number of aromatic amines is 1. The number of H-pyrrole nitrogens is 1. The molecule has 1 amide bonds. The van der Waals surface area contributed by atoms with Gasteiger partial charge in [0.05, 0.1) is 61.9 Å². The number of carbonyl (C=O) groups is 1. The van der Waals surface area contributed by atoms with Crippen LogP contribution in [0.15, 0.2) is 151 Å². The summed E-state index contributed by atoms with van der Waals surface area (Å²) in [6.45, 7) is 15.3. The first-order valence-corrected chi connectivity index (χ1v) is 37.4. The molecule has 12 heterocycles. The van der Waals surface area contributed by atoms with Crippen LogP contribution in [0.25, 0.3) is 44.7 Å². The number of ether oxygens (including phenoxy) is 7. The largest absolute Gasteiger partial charge is 0.471 e. The number of anilines is 4. The Kier molecular flexibility index (Phi) is 24.0. The summed E-state index contributed by atoms with van der Waals surface area (Å²) in [4.78, 5) is 73.2. The fourth-order valence-corrected chi connectivity index (χ4v) is 14.3. The molecule has 14 N–H and O–H groups in total. The minimum absolute atomic E-state index is 0.0130. The number of alkyl halides is 4. The van der Waals surface area contributed by atoms with E-state index in [1.54, 1.807) is 52.0 Å². The van der Waals surface area contributed by atoms with Crippen LogP contribution in [0.2, 0.25) is 0 Å². The van der Waals surface area contributed by atoms with Crippen LogP contribution in [0, 0.1) is 11.8 Å². The maximum atomic E-state index is 15.9. The van der Waals surface area contributed by atoms with Crippen LogP contribution in [0.1, 0.15) is 121 Å². The predicted octanol–water partition coefficient (Wildman–Crippen LogP) is 7.35. The number of halogens is 4. The van der Waals surface area contributed by atoms with E-state index >= 15 is 13.2 Å². The summed E-state index contributed by atoms with van der Waals surface area (Å²) in [5.74, 6) is -1.29. The summed E-state index contributed by atoms with van der Waals surface area (Å²) in [7, 11) is 0. The molecule has 4 unspecified atom stereocenters. The number of rotatable bonds is 19. The van der Waals surface area contributed by atoms with Crippen molar-refractivity contribution in [3.8, 4) is 17.6 Å². The van der Waals surface area contributed by atoms with Gasteiger partial charge in [-0.25, -0.2) is 37.5 Å². The summed E-state index contributed by atoms with van der Waals surface area (Å²) in [5, 5.41) is 62.5. The Labute approximate surface area is 664 Å². The van der Waals surface area contributed by atoms with Gasteiger partial charge in [-0.2, -0.15) is 34.9 Å². The second-order valence-corrected chi connectivity index (χ2v) is 29.9. The molecule has 0 saturated carbocycles. The second-order valence-electron chi connectivity index (χ2n) is 29.9. The van der Waals surface area contributed by atoms with E-state index in [1.807, 2.05) is 97.1 Å². The van der Waals surface area contributed by atoms with E-state index < -0.39 is 132 Å². The molecule has 35 nitrogen and oxygen atoms in total. The summed E-state index contributed by atoms with van der Waals surface area (Å²) in [6.07, 6.45) is -9.82. The van der Waals surface area contributed by atoms with Gasteiger partial charge in [-0.05, 0) is 84.2 Å². The van der Waals surface area contributed by atoms with Gasteiger partial charge >= 0.3 is 0 Å². The van der Waals surface area contributed by atoms with Crippen molar-refractivity contribution in [2.45, 2.75) is 198 Å². The fourth-order valence-electron chi connectivity index (χ4n) is 14.3. The van der Waals surface area contributed by atoms with Crippen LogP contribution in [-0.4, -0.2) is 198 Å². The van der Waals surface area contributed by atoms with Crippen LogP contribution in [0.5, 0.6) is 17.6 Å². The van der Waals surface area contributed by atoms with Gasteiger partial charge in [-0.15, -0.1) is 0 Å². The number of nitrogen functional groups attached to an aromatic ring is 3. The summed E-state index contributed by atoms with van der Waals surface area (Å²) in [5.41, 5.74) is 13.5. The van der Waals surface area contributed by atoms with Gasteiger partial charge in [0.15, 0.2) is 92.2 Å². The van der Waals surface area contributed by atoms with Gasteiger partial charge in [0, 0.05) is 17.4 Å². The van der Waals surface area contributed by atoms with E-state index in [1.165, 1.54) is 78.2 Å². The third-order valence-corrected chi connectivity index (χ3v) is 21.1. The Morgan fingerprint density at radius 2 is 0.769 bits per heavy atom. The highest BCUT2D eigenvalue weighted by Gasteiger charge is 2.59. The molecule has 620 valence electrons. The standard InChI is InChI=1S/C27H28FN5O4.C20H24FN5O3.C19H22FN5O4.C12H16FN5O4/c1-16-21(17(2)34)37-25(27(16,3)28)33-15-29-20-22(33)30-26(31-23(35)19-12-8-5-9-13-19)32-24(20)36-14-18-10-6-4-7-11-18;1-11-15(12(2)27)29-18(20(11,3)21)26-10-23-14-16(26)24-19(22)25-17(14)28-9-13-7-5-4-6-8-13;1-10(26)13-14(27)19(2,20)17(29-13)25-9-22-12-15(25)23-18(21)24-16(12)28-8-11-6-4-3-5-7-11;1-4(19)6-7(20)12(2,13)10(22-6)18-3-15-5-8(18)16-11(14)17-9(5)21/h4-13,15-17,21,25,34H,14H2,1-3H3,(H,30,31,32,35);4-8,10-12,15,18,27H,9H2,1-3H3,(H2,22,24,25);3-7,9-10,13-14,17,26-27H,8H2,1-2H3,(H2,21,23,24);3-4,6-7,10,19-20H,1-2H3,(H3,14,16,17,21)/t16-,17?,21+,25-,27-;11-,12?,15+,18-,20-;10?,13-,14-,17-,19-;4?,6-,7-,10-,12-/m1111/s1. The number of nitrogens with one attached hydrogen (secondary N) is 2. The molecule has 20 atom stereocenters. The van der Waals surface area contributed by atoms with Crippen molar-refractivity contribution in [2.24, 2.45) is 11.8 Å². The molecule has 0 spiro atoms. The van der Waals surface area contributed by atoms with E-state index in [4.69, 9.17) is 50.4 Å². The SMILES string of the molecule is CC(O)[C@H]1O[C@@H](n2cnc3c(=O)[nH]c(N)nc32)[C@](C)(F)[C@@H]1O.CC(O)[C@H]1O[C@@H](n2cnc3c(OCc4ccccc4)nc(N)nc32)[C@](C)(F)[C@@H]1C.CC(O)[C@H]1O[C@@H](n2cnc3c(OCc4ccccc4)nc(N)nc32)[C@](C)(F)[C@@H]1O.CC(O)[C@H]1O[C@@H](n2cnc3c(OCc4ccccc4)nc(NC(=O)c4ccccc4)nc32)[C@](C)(F)[C@@H]1C. The lowest BCUT2D eigenvalue weighted by Gasteiger charge is -2.25. The molecule has 12 aromatic rings. The zero-order valence-corrected chi connectivity index (χ0v) is 65.0. The van der Waals surface area contributed by atoms with Gasteiger partial charge in [0.2, 0.25) is 41.4 Å². The van der Waals surface area contributed by atoms with E-state index in [0.29, 0.717) is 22.2 Å². The van der Waals surface area contributed by atoms with Crippen LogP contribution in [-0.2, 0) is 38.8 Å². The summed E-state index contributed by atoms with van der Waals surface area (Å²) >= 11 is 0. The molecular formula is C78H90F4N20O15. The fraction of sp³-hybridized carbons (Fsp3) is 0.423. The van der Waals surface area contributed by atoms with Crippen LogP contribution in [0.3, 0.4) is 0 Å². The Hall–Kier alpha value is -11.5. The maximum Gasteiger partial charge on any atom is 0.280 e. The highest BCUT2D eigenvalue weighted by atomic mass is 19.2. The highest BCUT2D eigenvalue weighted by Crippen LogP contribution is 2.50. The van der Waals surface area contributed by atoms with Gasteiger partial charge < -0.3 is 81.0 Å². The minimum atomic E-state index is -2.21. The predicted molar refractivity (Wildman–Crippen MR) is 415 cm³/mol. The lowest BCUT2D eigenvalue weighted by Crippen LogP contribution is -2.42. The van der Waals surface area contributed by atoms with Crippen LogP contribution >= 0.6 is 0 Å². The van der Waals surface area contributed by atoms with Gasteiger partial charge in [-0.3, -0.25) is 38.2 Å². The number of nitrogens with zero attached hydrogens (tertiary/aromatic N) is 15. The van der Waals surface area contributed by atoms with Gasteiger partial charge in [0.25, 0.3) is 11.5 Å². The number of hydrogen-bond acceptors (Lipinski definition) is 29. The quantitative estimate of drug-likeness (QED) is 0.0352. The van der Waals surface area contributed by atoms with Crippen LogP contribution < -0.4 is 42.3 Å². The first-order chi connectivity index (χ1) is 55.6. The number of fused-ring (bicyclic) bond motifs is 4. The number of imidazole rings is 4. The number of carbonyl (C=O) groups excluding carboxylic acids is 1. The van der Waals surface area contributed by atoms with E-state index in [9.17, 15) is 44.6 Å². The molecule has 39 heteroatoms. The van der Waals surface area contributed by atoms with Gasteiger partial charge in [0.1, 0.15) is 44.2 Å². The van der Waals surface area contributed by atoms with Gasteiger partial charge in [-0.1, -0.05) is 123 Å². The minimum Gasteiger partial charge on any atom is -0.471 e. The highest BCUT2D eigenvalue weighted by molar-refractivity contribution is 6.03. The average Bonchev–Trinajstić information content (AvgIpc) is 1.61. The third-order valence-electron chi connectivity index (χ3n) is 21.1. The summed E-state index contributed by atoms with van der Waals surface area (Å²) in [6, 6.07) is 37.3. The number of aliphatic hydroxyl groups excluding tert-OH is 6. The first-order valence-electron chi connectivity index (χ1n) is 37.4. The zero-order chi connectivity index (χ0) is 83.9. The monoisotopic (exact) mass is 1620 g/mol. The number of aliphatic hydroxyl groups is 6. The number of nitrogens with two attached hydrogens (primary N) is 3. The molecule has 0 radical (unpaired) electrons. The molecule has 4 fully saturated rings. The number of amides is 1. The summed E-state index contributed by atoms with van der Waals surface area (Å²) < 4.78 is 108. The molecule has 4 aliphatic heterocycles. The normalized spacial score (nSPS) is 27.8. The molecule has 117 heavy (non-hydrogen) atoms. The molecule has 16 rings (SSSR count). The Balaban J connectivity index is 0.000000138. The lowest BCUT2D eigenvalue weighted by molar-refractivity contribution is -0.0795. The molecular weight excluding hydrogens is 1530 g/mol. The zero-order valence-electron chi connectivity index (χ0n) is 65.0. The van der Waals surface area contributed by atoms with Crippen molar-refractivity contribution in [3.63, 3.8) is 0 Å². The average molecular weight is 1620 g/mol. The van der Waals surface area contributed by atoms with E-state index in [2.05, 4.69) is 65.1 Å². The Bertz CT molecular complexity index is 5350. The lowest BCUT2D eigenvalue weighted by atomic mass is 9.88. The van der Waals surface area contributed by atoms with Crippen molar-refractivity contribution >= 4 is 74.4 Å². The Morgan fingerprint density at radius 1 is 0.462 bits per heavy atom. The topological polar surface area (TPSA) is 488 Å².